The van der Waals surface area contributed by atoms with Gasteiger partial charge in [-0.15, -0.1) is 0 Å². The summed E-state index contributed by atoms with van der Waals surface area (Å²) in [7, 11) is 0. The number of carbonyl (C=O) groups excluding carboxylic acids is 2. The highest BCUT2D eigenvalue weighted by Gasteiger charge is 2.20. The molecule has 3 N–H and O–H groups in total. The van der Waals surface area contributed by atoms with Crippen LogP contribution in [-0.4, -0.2) is 21.7 Å². The van der Waals surface area contributed by atoms with Crippen LogP contribution in [0.1, 0.15) is 21.5 Å². The molecule has 0 spiro atoms. The number of nitrogens with one attached hydrogen (secondary N) is 3. The van der Waals surface area contributed by atoms with Crippen molar-refractivity contribution < 1.29 is 9.59 Å². The molecule has 0 bridgehead atoms. The van der Waals surface area contributed by atoms with Crippen LogP contribution >= 0.6 is 0 Å². The molecule has 0 fully saturated rings. The van der Waals surface area contributed by atoms with Gasteiger partial charge in [0.15, 0.2) is 0 Å². The van der Waals surface area contributed by atoms with E-state index in [2.05, 4.69) is 15.3 Å². The Labute approximate surface area is 154 Å². The molecule has 1 amide bonds. The number of amides is 1. The van der Waals surface area contributed by atoms with Gasteiger partial charge in [0.05, 0.1) is 11.1 Å². The molecule has 2 heterocycles. The maximum absolute atomic E-state index is 12.6. The minimum atomic E-state index is -0.731. The van der Waals surface area contributed by atoms with E-state index in [4.69, 9.17) is 0 Å². The molecule has 0 unspecified atom stereocenters. The molecule has 4 rings (SSSR count). The van der Waals surface area contributed by atoms with Crippen LogP contribution < -0.4 is 10.9 Å². The number of para-hydroxylation sites is 1. The normalized spacial score (nSPS) is 11.0. The minimum absolute atomic E-state index is 0.168. The summed E-state index contributed by atoms with van der Waals surface area (Å²) in [6.07, 6.45) is 1.54. The molecular formula is C21H17N3O3. The number of aromatic nitrogens is 2. The van der Waals surface area contributed by atoms with Crippen LogP contribution in [0, 0.1) is 13.8 Å². The Hall–Kier alpha value is -3.67. The number of aromatic amines is 2. The van der Waals surface area contributed by atoms with Gasteiger partial charge in [-0.3, -0.25) is 14.4 Å². The molecule has 0 saturated carbocycles. The molecule has 2 aromatic heterocycles. The Kier molecular flexibility index (Phi) is 3.88. The topological polar surface area (TPSA) is 94.8 Å². The lowest BCUT2D eigenvalue weighted by atomic mass is 10.1. The van der Waals surface area contributed by atoms with Gasteiger partial charge in [-0.25, -0.2) is 0 Å². The first-order chi connectivity index (χ1) is 13.0. The summed E-state index contributed by atoms with van der Waals surface area (Å²) >= 11 is 0. The van der Waals surface area contributed by atoms with Crippen LogP contribution in [0.15, 0.2) is 53.5 Å². The lowest BCUT2D eigenvalue weighted by molar-refractivity contribution is -0.112. The highest BCUT2D eigenvalue weighted by Crippen LogP contribution is 2.22. The maximum Gasteiger partial charge on any atom is 0.296 e. The van der Waals surface area contributed by atoms with Gasteiger partial charge >= 0.3 is 0 Å². The van der Waals surface area contributed by atoms with Crippen LogP contribution in [0.4, 0.5) is 5.69 Å². The molecule has 6 heteroatoms. The number of fused-ring (bicyclic) bond motifs is 2. The van der Waals surface area contributed by atoms with E-state index in [-0.39, 0.29) is 5.56 Å². The predicted molar refractivity (Wildman–Crippen MR) is 105 cm³/mol. The summed E-state index contributed by atoms with van der Waals surface area (Å²) in [5.41, 5.74) is 3.56. The number of H-pyrrole nitrogens is 2. The molecule has 2 aromatic carbocycles. The largest absolute Gasteiger partial charge is 0.360 e. The van der Waals surface area contributed by atoms with E-state index in [1.165, 1.54) is 6.20 Å². The number of hydrogen-bond donors (Lipinski definition) is 3. The zero-order valence-electron chi connectivity index (χ0n) is 14.8. The van der Waals surface area contributed by atoms with E-state index in [1.54, 1.807) is 25.1 Å². The van der Waals surface area contributed by atoms with Gasteiger partial charge in [-0.05, 0) is 37.6 Å². The van der Waals surface area contributed by atoms with E-state index in [0.29, 0.717) is 27.7 Å². The van der Waals surface area contributed by atoms with Gasteiger partial charge in [-0.2, -0.15) is 0 Å². The number of ketones is 1. The maximum atomic E-state index is 12.6. The van der Waals surface area contributed by atoms with Crippen molar-refractivity contribution in [1.82, 2.24) is 9.97 Å². The fraction of sp³-hybridized carbons (Fsp3) is 0.0952. The molecule has 0 atom stereocenters. The summed E-state index contributed by atoms with van der Waals surface area (Å²) in [4.78, 5) is 42.7. The number of pyridine rings is 1. The van der Waals surface area contributed by atoms with Crippen LogP contribution in [-0.2, 0) is 4.79 Å². The van der Waals surface area contributed by atoms with Crippen molar-refractivity contribution in [1.29, 1.82) is 0 Å². The lowest BCUT2D eigenvalue weighted by Gasteiger charge is -2.08. The van der Waals surface area contributed by atoms with Gasteiger partial charge < -0.3 is 15.3 Å². The summed E-state index contributed by atoms with van der Waals surface area (Å²) in [5.74, 6) is -1.36. The fourth-order valence-corrected chi connectivity index (χ4v) is 3.21. The van der Waals surface area contributed by atoms with Gasteiger partial charge in [0.1, 0.15) is 0 Å². The van der Waals surface area contributed by atoms with Crippen molar-refractivity contribution in [2.24, 2.45) is 0 Å². The molecule has 0 radical (unpaired) electrons. The third kappa shape index (κ3) is 2.81. The van der Waals surface area contributed by atoms with Crippen LogP contribution in [0.2, 0.25) is 0 Å². The van der Waals surface area contributed by atoms with Crippen molar-refractivity contribution in [2.75, 3.05) is 5.32 Å². The summed E-state index contributed by atoms with van der Waals surface area (Å²) < 4.78 is 0. The predicted octanol–water partition coefficient (Wildman–Crippen LogP) is 3.45. The molecule has 134 valence electrons. The Morgan fingerprint density at radius 1 is 0.926 bits per heavy atom. The number of aryl methyl sites for hydroxylation is 1. The van der Waals surface area contributed by atoms with Crippen LogP contribution in [0.25, 0.3) is 21.8 Å². The van der Waals surface area contributed by atoms with E-state index in [9.17, 15) is 14.4 Å². The summed E-state index contributed by atoms with van der Waals surface area (Å²) in [5, 5.41) is 4.21. The van der Waals surface area contributed by atoms with Gasteiger partial charge in [-0.1, -0.05) is 24.3 Å². The minimum Gasteiger partial charge on any atom is -0.360 e. The highest BCUT2D eigenvalue weighted by molar-refractivity contribution is 6.48. The first-order valence-corrected chi connectivity index (χ1v) is 8.51. The molecule has 0 aliphatic rings. The second-order valence-corrected chi connectivity index (χ2v) is 6.50. The van der Waals surface area contributed by atoms with Crippen molar-refractivity contribution in [2.45, 2.75) is 13.8 Å². The molecule has 0 saturated heterocycles. The Morgan fingerprint density at radius 3 is 2.52 bits per heavy atom. The molecule has 6 nitrogen and oxygen atoms in total. The van der Waals surface area contributed by atoms with E-state index in [0.717, 1.165) is 16.5 Å². The van der Waals surface area contributed by atoms with Crippen molar-refractivity contribution in [3.63, 3.8) is 0 Å². The summed E-state index contributed by atoms with van der Waals surface area (Å²) in [6, 6.07) is 12.5. The lowest BCUT2D eigenvalue weighted by Crippen LogP contribution is -2.22. The highest BCUT2D eigenvalue weighted by atomic mass is 16.2. The monoisotopic (exact) mass is 359 g/mol. The standard InChI is InChI=1S/C21H17N3O3/c1-11-12(2)20(26)24-18-9-13(7-8-14(11)18)23-21(27)19(25)16-10-22-17-6-4-3-5-15(16)17/h3-10,22H,1-2H3,(H,23,27)(H,24,26). The third-order valence-corrected chi connectivity index (χ3v) is 4.87. The smallest absolute Gasteiger partial charge is 0.296 e. The number of carbonyl (C=O) groups is 2. The Balaban J connectivity index is 1.65. The quantitative estimate of drug-likeness (QED) is 0.386. The third-order valence-electron chi connectivity index (χ3n) is 4.87. The number of anilines is 1. The second kappa shape index (κ2) is 6.25. The number of benzene rings is 2. The first kappa shape index (κ1) is 16.8. The second-order valence-electron chi connectivity index (χ2n) is 6.50. The SMILES string of the molecule is Cc1c(C)c2ccc(NC(=O)C(=O)c3c[nH]c4ccccc34)cc2[nH]c1=O. The molecular weight excluding hydrogens is 342 g/mol. The van der Waals surface area contributed by atoms with E-state index >= 15 is 0 Å². The number of rotatable bonds is 3. The van der Waals surface area contributed by atoms with E-state index < -0.39 is 11.7 Å². The average molecular weight is 359 g/mol. The Morgan fingerprint density at radius 2 is 1.70 bits per heavy atom. The molecule has 0 aliphatic carbocycles. The zero-order chi connectivity index (χ0) is 19.1. The van der Waals surface area contributed by atoms with Gasteiger partial charge in [0.2, 0.25) is 0 Å². The first-order valence-electron chi connectivity index (χ1n) is 8.51. The fourth-order valence-electron chi connectivity index (χ4n) is 3.21. The van der Waals surface area contributed by atoms with Crippen molar-refractivity contribution >= 4 is 39.2 Å². The molecule has 27 heavy (non-hydrogen) atoms. The van der Waals surface area contributed by atoms with Crippen LogP contribution in [0.3, 0.4) is 0 Å². The summed E-state index contributed by atoms with van der Waals surface area (Å²) in [6.45, 7) is 3.65. The Bertz CT molecular complexity index is 1280. The van der Waals surface area contributed by atoms with Crippen molar-refractivity contribution in [3.8, 4) is 0 Å². The number of hydrogen-bond acceptors (Lipinski definition) is 3. The van der Waals surface area contributed by atoms with Gasteiger partial charge in [0.25, 0.3) is 17.2 Å². The number of Topliss-reactive ketones (excluding diaryl/α,β-unsaturated/α-hetero) is 1. The molecule has 0 aliphatic heterocycles. The average Bonchev–Trinajstić information content (AvgIpc) is 3.09. The van der Waals surface area contributed by atoms with Crippen LogP contribution in [0.5, 0.6) is 0 Å². The molecule has 4 aromatic rings. The van der Waals surface area contributed by atoms with E-state index in [1.807, 2.05) is 31.2 Å². The van der Waals surface area contributed by atoms with Gasteiger partial charge in [0, 0.05) is 33.7 Å². The van der Waals surface area contributed by atoms with Crippen molar-refractivity contribution in [3.05, 3.63) is 75.7 Å². The zero-order valence-corrected chi connectivity index (χ0v) is 14.8.